The third kappa shape index (κ3) is 4.91. The van der Waals surface area contributed by atoms with Gasteiger partial charge in [0.25, 0.3) is 0 Å². The van der Waals surface area contributed by atoms with Gasteiger partial charge in [-0.05, 0) is 38.1 Å². The number of allylic oxidation sites excluding steroid dienone is 1. The van der Waals surface area contributed by atoms with Crippen LogP contribution in [0.3, 0.4) is 0 Å². The lowest BCUT2D eigenvalue weighted by atomic mass is 10.1. The van der Waals surface area contributed by atoms with Crippen LogP contribution in [-0.4, -0.2) is 37.1 Å². The molecule has 0 radical (unpaired) electrons. The predicted octanol–water partition coefficient (Wildman–Crippen LogP) is 3.75. The number of aromatic nitrogens is 1. The van der Waals surface area contributed by atoms with E-state index in [9.17, 15) is 9.59 Å². The number of aryl methyl sites for hydroxylation is 1. The molecular formula is C22H25NO5. The van der Waals surface area contributed by atoms with Crippen molar-refractivity contribution in [2.75, 3.05) is 20.8 Å². The van der Waals surface area contributed by atoms with Gasteiger partial charge in [0.1, 0.15) is 11.5 Å². The van der Waals surface area contributed by atoms with E-state index in [0.29, 0.717) is 29.2 Å². The third-order valence-electron chi connectivity index (χ3n) is 4.37. The number of hydrogen-bond acceptors (Lipinski definition) is 5. The predicted molar refractivity (Wildman–Crippen MR) is 108 cm³/mol. The van der Waals surface area contributed by atoms with Crippen LogP contribution in [0.5, 0.6) is 11.5 Å². The summed E-state index contributed by atoms with van der Waals surface area (Å²) >= 11 is 0. The molecule has 0 spiro atoms. The van der Waals surface area contributed by atoms with E-state index in [1.807, 2.05) is 18.4 Å². The molecule has 148 valence electrons. The molecule has 0 bridgehead atoms. The molecule has 2 aromatic rings. The summed E-state index contributed by atoms with van der Waals surface area (Å²) < 4.78 is 17.5. The monoisotopic (exact) mass is 383 g/mol. The minimum Gasteiger partial charge on any atom is -0.497 e. The molecule has 6 heteroatoms. The van der Waals surface area contributed by atoms with E-state index in [1.54, 1.807) is 43.5 Å². The molecule has 28 heavy (non-hydrogen) atoms. The van der Waals surface area contributed by atoms with Gasteiger partial charge in [-0.2, -0.15) is 0 Å². The van der Waals surface area contributed by atoms with Crippen LogP contribution in [0.4, 0.5) is 0 Å². The number of esters is 1. The van der Waals surface area contributed by atoms with Crippen molar-refractivity contribution in [2.24, 2.45) is 0 Å². The van der Waals surface area contributed by atoms with Gasteiger partial charge in [-0.15, -0.1) is 6.58 Å². The van der Waals surface area contributed by atoms with Crippen molar-refractivity contribution >= 4 is 17.8 Å². The Balaban J connectivity index is 2.01. The first kappa shape index (κ1) is 21.0. The van der Waals surface area contributed by atoms with Crippen LogP contribution in [0.25, 0.3) is 6.08 Å². The number of carbonyl (C=O) groups excluding carboxylic acids is 2. The Labute approximate surface area is 165 Å². The average Bonchev–Trinajstić information content (AvgIpc) is 2.98. The van der Waals surface area contributed by atoms with E-state index in [4.69, 9.17) is 14.2 Å². The first-order valence-corrected chi connectivity index (χ1v) is 8.79. The zero-order valence-electron chi connectivity index (χ0n) is 16.7. The largest absolute Gasteiger partial charge is 0.497 e. The molecule has 0 aliphatic carbocycles. The summed E-state index contributed by atoms with van der Waals surface area (Å²) in [6, 6.07) is 7.04. The first-order valence-electron chi connectivity index (χ1n) is 8.79. The maximum Gasteiger partial charge on any atom is 0.331 e. The Morgan fingerprint density at radius 3 is 2.54 bits per heavy atom. The normalized spacial score (nSPS) is 10.7. The van der Waals surface area contributed by atoms with Crippen molar-refractivity contribution in [3.63, 3.8) is 0 Å². The number of nitrogens with zero attached hydrogens (tertiary/aromatic N) is 1. The van der Waals surface area contributed by atoms with Crippen molar-refractivity contribution in [2.45, 2.75) is 20.4 Å². The molecule has 1 heterocycles. The maximum atomic E-state index is 12.4. The molecule has 0 aliphatic rings. The second-order valence-corrected chi connectivity index (χ2v) is 6.16. The number of carbonyl (C=O) groups is 2. The summed E-state index contributed by atoms with van der Waals surface area (Å²) in [5.41, 5.74) is 3.03. The highest BCUT2D eigenvalue weighted by Crippen LogP contribution is 2.25. The Morgan fingerprint density at radius 2 is 1.89 bits per heavy atom. The van der Waals surface area contributed by atoms with Crippen LogP contribution in [0.15, 0.2) is 43.0 Å². The van der Waals surface area contributed by atoms with Gasteiger partial charge in [-0.3, -0.25) is 4.79 Å². The van der Waals surface area contributed by atoms with Crippen molar-refractivity contribution in [3.05, 3.63) is 65.5 Å². The zero-order valence-corrected chi connectivity index (χ0v) is 16.7. The zero-order chi connectivity index (χ0) is 20.7. The summed E-state index contributed by atoms with van der Waals surface area (Å²) in [6.45, 7) is 7.81. The minimum atomic E-state index is -0.605. The fraction of sp³-hybridized carbons (Fsp3) is 0.273. The van der Waals surface area contributed by atoms with Crippen LogP contribution in [-0.2, 0) is 16.1 Å². The van der Waals surface area contributed by atoms with E-state index >= 15 is 0 Å². The van der Waals surface area contributed by atoms with E-state index in [-0.39, 0.29) is 12.4 Å². The summed E-state index contributed by atoms with van der Waals surface area (Å²) in [4.78, 5) is 24.4. The highest BCUT2D eigenvalue weighted by atomic mass is 16.5. The van der Waals surface area contributed by atoms with E-state index < -0.39 is 5.97 Å². The molecule has 0 fully saturated rings. The first-order chi connectivity index (χ1) is 13.4. The van der Waals surface area contributed by atoms with Gasteiger partial charge >= 0.3 is 5.97 Å². The van der Waals surface area contributed by atoms with Crippen molar-refractivity contribution in [3.8, 4) is 11.5 Å². The molecular weight excluding hydrogens is 358 g/mol. The Hall–Kier alpha value is -3.28. The van der Waals surface area contributed by atoms with E-state index in [1.165, 1.54) is 13.2 Å². The van der Waals surface area contributed by atoms with Gasteiger partial charge in [0.15, 0.2) is 6.61 Å². The molecule has 0 amide bonds. The SMILES string of the molecule is C=CCn1c(C)cc(C(=O)COC(=O)C=Cc2ccc(OC)cc2OC)c1C. The Bertz CT molecular complexity index is 908. The lowest BCUT2D eigenvalue weighted by molar-refractivity contribution is -0.136. The van der Waals surface area contributed by atoms with E-state index in [0.717, 1.165) is 11.4 Å². The smallest absolute Gasteiger partial charge is 0.331 e. The molecule has 0 aliphatic heterocycles. The minimum absolute atomic E-state index is 0.243. The molecule has 0 N–H and O–H groups in total. The summed E-state index contributed by atoms with van der Waals surface area (Å²) in [6.07, 6.45) is 4.60. The lowest BCUT2D eigenvalue weighted by Gasteiger charge is -2.07. The van der Waals surface area contributed by atoms with Crippen LogP contribution >= 0.6 is 0 Å². The fourth-order valence-electron chi connectivity index (χ4n) is 2.87. The Morgan fingerprint density at radius 1 is 1.14 bits per heavy atom. The number of ether oxygens (including phenoxy) is 3. The van der Waals surface area contributed by atoms with Crippen molar-refractivity contribution < 1.29 is 23.8 Å². The number of Topliss-reactive ketones (excluding diaryl/α,β-unsaturated/α-hetero) is 1. The topological polar surface area (TPSA) is 66.8 Å². The van der Waals surface area contributed by atoms with Crippen molar-refractivity contribution in [1.82, 2.24) is 4.57 Å². The highest BCUT2D eigenvalue weighted by Gasteiger charge is 2.16. The van der Waals surface area contributed by atoms with Gasteiger partial charge in [-0.25, -0.2) is 4.79 Å². The number of rotatable bonds is 9. The molecule has 2 rings (SSSR count). The lowest BCUT2D eigenvalue weighted by Crippen LogP contribution is -2.13. The third-order valence-corrected chi connectivity index (χ3v) is 4.37. The quantitative estimate of drug-likeness (QED) is 0.286. The van der Waals surface area contributed by atoms with Gasteiger partial charge in [0, 0.05) is 41.2 Å². The van der Waals surface area contributed by atoms with Gasteiger partial charge < -0.3 is 18.8 Å². The molecule has 6 nitrogen and oxygen atoms in total. The van der Waals surface area contributed by atoms with Crippen LogP contribution in [0.1, 0.15) is 27.3 Å². The second kappa shape index (κ2) is 9.60. The standard InChI is InChI=1S/C22H25NO5/c1-6-11-23-15(2)12-19(16(23)3)20(24)14-28-22(25)10-8-17-7-9-18(26-4)13-21(17)27-5/h6-10,12-13H,1,11,14H2,2-5H3. The number of ketones is 1. The van der Waals surface area contributed by atoms with Crippen LogP contribution < -0.4 is 9.47 Å². The molecule has 0 unspecified atom stereocenters. The van der Waals surface area contributed by atoms with Gasteiger partial charge in [0.05, 0.1) is 14.2 Å². The maximum absolute atomic E-state index is 12.4. The number of benzene rings is 1. The number of methoxy groups -OCH3 is 2. The highest BCUT2D eigenvalue weighted by molar-refractivity contribution is 6.00. The van der Waals surface area contributed by atoms with Crippen molar-refractivity contribution in [1.29, 1.82) is 0 Å². The second-order valence-electron chi connectivity index (χ2n) is 6.16. The van der Waals surface area contributed by atoms with Crippen LogP contribution in [0.2, 0.25) is 0 Å². The summed E-state index contributed by atoms with van der Waals surface area (Å²) in [5, 5.41) is 0. The Kier molecular flexibility index (Phi) is 7.21. The number of hydrogen-bond donors (Lipinski definition) is 0. The van der Waals surface area contributed by atoms with Gasteiger partial charge in [-0.1, -0.05) is 6.08 Å². The summed E-state index contributed by atoms with van der Waals surface area (Å²) in [5.74, 6) is 0.365. The molecule has 1 aromatic heterocycles. The average molecular weight is 383 g/mol. The van der Waals surface area contributed by atoms with E-state index in [2.05, 4.69) is 6.58 Å². The molecule has 0 saturated carbocycles. The fourth-order valence-corrected chi connectivity index (χ4v) is 2.87. The molecule has 0 atom stereocenters. The van der Waals surface area contributed by atoms with Crippen LogP contribution in [0, 0.1) is 13.8 Å². The molecule has 0 saturated heterocycles. The van der Waals surface area contributed by atoms with Gasteiger partial charge in [0.2, 0.25) is 5.78 Å². The molecule has 1 aromatic carbocycles. The summed E-state index contributed by atoms with van der Waals surface area (Å²) in [7, 11) is 3.10.